The Hall–Kier alpha value is -3.53. The number of fused-ring (bicyclic) bond motifs is 1. The molecule has 0 bridgehead atoms. The number of nitrogens with zero attached hydrogens (tertiary/aromatic N) is 4. The van der Waals surface area contributed by atoms with Crippen molar-refractivity contribution in [3.8, 4) is 5.82 Å². The monoisotopic (exact) mass is 485 g/mol. The SMILES string of the molecule is CCCCCc1ccc(C(=O)Nc2cnc(-n3c(C(F)(F)F)nc4c3=CCC(OC)C=4)cn2)cc1. The molecule has 10 heteroatoms. The van der Waals surface area contributed by atoms with Gasteiger partial charge in [0, 0.05) is 12.7 Å². The summed E-state index contributed by atoms with van der Waals surface area (Å²) in [5.41, 5.74) is 1.62. The average molecular weight is 486 g/mol. The van der Waals surface area contributed by atoms with Crippen LogP contribution >= 0.6 is 0 Å². The summed E-state index contributed by atoms with van der Waals surface area (Å²) in [5.74, 6) is -1.40. The molecule has 1 aromatic carbocycles. The van der Waals surface area contributed by atoms with E-state index in [1.807, 2.05) is 12.1 Å². The molecule has 35 heavy (non-hydrogen) atoms. The van der Waals surface area contributed by atoms with Crippen molar-refractivity contribution in [2.45, 2.75) is 51.3 Å². The molecule has 0 saturated heterocycles. The molecule has 0 fully saturated rings. The average Bonchev–Trinajstić information content (AvgIpc) is 3.24. The summed E-state index contributed by atoms with van der Waals surface area (Å²) < 4.78 is 47.3. The van der Waals surface area contributed by atoms with Gasteiger partial charge in [-0.05, 0) is 43.0 Å². The molecule has 1 N–H and O–H groups in total. The molecule has 0 spiro atoms. The predicted octanol–water partition coefficient (Wildman–Crippen LogP) is 3.65. The zero-order valence-corrected chi connectivity index (χ0v) is 19.5. The Labute approximate surface area is 200 Å². The number of aryl methyl sites for hydroxylation is 1. The highest BCUT2D eigenvalue weighted by Crippen LogP contribution is 2.27. The molecule has 0 aliphatic heterocycles. The summed E-state index contributed by atoms with van der Waals surface area (Å²) >= 11 is 0. The second-order valence-corrected chi connectivity index (χ2v) is 8.29. The Morgan fingerprint density at radius 2 is 1.94 bits per heavy atom. The van der Waals surface area contributed by atoms with E-state index in [1.54, 1.807) is 24.3 Å². The highest BCUT2D eigenvalue weighted by Gasteiger charge is 2.38. The van der Waals surface area contributed by atoms with Crippen molar-refractivity contribution in [2.24, 2.45) is 0 Å². The standard InChI is InChI=1S/C25H26F3N5O2/c1-3-4-5-6-16-7-9-17(10-8-16)23(34)32-21-14-30-22(15-29-21)33-20-12-11-18(35-2)13-19(20)31-24(33)25(26,27)28/h7-10,12-15,18H,3-6,11H2,1-2H3,(H,29,32,34). The molecule has 0 radical (unpaired) electrons. The predicted molar refractivity (Wildman–Crippen MR) is 125 cm³/mol. The maximum atomic E-state index is 13.7. The maximum Gasteiger partial charge on any atom is 0.450 e. The lowest BCUT2D eigenvalue weighted by Gasteiger charge is -2.12. The summed E-state index contributed by atoms with van der Waals surface area (Å²) in [7, 11) is 1.49. The molecular weight excluding hydrogens is 459 g/mol. The Morgan fingerprint density at radius 3 is 2.57 bits per heavy atom. The van der Waals surface area contributed by atoms with Gasteiger partial charge in [0.2, 0.25) is 5.82 Å². The van der Waals surface area contributed by atoms with Gasteiger partial charge in [0.15, 0.2) is 11.6 Å². The number of hydrogen-bond donors (Lipinski definition) is 1. The largest absolute Gasteiger partial charge is 0.450 e. The lowest BCUT2D eigenvalue weighted by Crippen LogP contribution is -2.35. The molecule has 3 aromatic rings. The molecule has 2 aromatic heterocycles. The molecular formula is C25H26F3N5O2. The van der Waals surface area contributed by atoms with Crippen molar-refractivity contribution in [2.75, 3.05) is 12.4 Å². The molecule has 1 amide bonds. The highest BCUT2D eigenvalue weighted by molar-refractivity contribution is 6.03. The van der Waals surface area contributed by atoms with E-state index >= 15 is 0 Å². The number of carbonyl (C=O) groups excluding carboxylic acids is 1. The van der Waals surface area contributed by atoms with E-state index in [2.05, 4.69) is 27.2 Å². The molecule has 1 aliphatic carbocycles. The summed E-state index contributed by atoms with van der Waals surface area (Å²) in [5, 5.41) is 3.08. The third-order valence-corrected chi connectivity index (χ3v) is 5.78. The minimum absolute atomic E-state index is 0.0546. The number of halogens is 3. The van der Waals surface area contributed by atoms with E-state index < -0.39 is 12.0 Å². The van der Waals surface area contributed by atoms with Crippen LogP contribution in [-0.4, -0.2) is 38.6 Å². The zero-order chi connectivity index (χ0) is 25.0. The van der Waals surface area contributed by atoms with Crippen LogP contribution in [0.4, 0.5) is 19.0 Å². The minimum Gasteiger partial charge on any atom is -0.377 e. The Morgan fingerprint density at radius 1 is 1.17 bits per heavy atom. The van der Waals surface area contributed by atoms with Crippen LogP contribution in [0.2, 0.25) is 0 Å². The van der Waals surface area contributed by atoms with E-state index in [9.17, 15) is 18.0 Å². The fourth-order valence-corrected chi connectivity index (χ4v) is 3.92. The van der Waals surface area contributed by atoms with Gasteiger partial charge in [-0.2, -0.15) is 13.2 Å². The van der Waals surface area contributed by atoms with Crippen LogP contribution in [0.3, 0.4) is 0 Å². The number of nitrogens with one attached hydrogen (secondary N) is 1. The lowest BCUT2D eigenvalue weighted by molar-refractivity contribution is -0.146. The van der Waals surface area contributed by atoms with Gasteiger partial charge in [-0.1, -0.05) is 38.0 Å². The smallest absolute Gasteiger partial charge is 0.377 e. The first-order valence-electron chi connectivity index (χ1n) is 11.4. The maximum absolute atomic E-state index is 13.7. The number of anilines is 1. The van der Waals surface area contributed by atoms with Crippen LogP contribution in [0.25, 0.3) is 18.0 Å². The Kier molecular flexibility index (Phi) is 7.30. The quantitative estimate of drug-likeness (QED) is 0.493. The molecule has 1 aliphatic rings. The molecule has 0 saturated carbocycles. The summed E-state index contributed by atoms with van der Waals surface area (Å²) in [4.78, 5) is 24.6. The van der Waals surface area contributed by atoms with Crippen LogP contribution in [0, 0.1) is 0 Å². The number of imidazole rings is 1. The second kappa shape index (κ2) is 10.4. The van der Waals surface area contributed by atoms with E-state index in [1.165, 1.54) is 19.5 Å². The van der Waals surface area contributed by atoms with Gasteiger partial charge in [-0.15, -0.1) is 0 Å². The first kappa shape index (κ1) is 24.6. The Bertz CT molecular complexity index is 1300. The topological polar surface area (TPSA) is 81.9 Å². The molecule has 1 unspecified atom stereocenters. The van der Waals surface area contributed by atoms with E-state index in [0.29, 0.717) is 12.0 Å². The zero-order valence-electron chi connectivity index (χ0n) is 19.5. The summed E-state index contributed by atoms with van der Waals surface area (Å²) in [6, 6.07) is 7.32. The van der Waals surface area contributed by atoms with Crippen LogP contribution in [0.5, 0.6) is 0 Å². The number of carbonyl (C=O) groups is 1. The van der Waals surface area contributed by atoms with Crippen LogP contribution in [0.1, 0.15) is 54.4 Å². The van der Waals surface area contributed by atoms with Crippen LogP contribution < -0.4 is 16.0 Å². The first-order chi connectivity index (χ1) is 16.8. The molecule has 2 heterocycles. The summed E-state index contributed by atoms with van der Waals surface area (Å²) in [6.07, 6.45) is 5.33. The molecule has 184 valence electrons. The van der Waals surface area contributed by atoms with Crippen LogP contribution in [0.15, 0.2) is 36.7 Å². The number of rotatable bonds is 8. The third-order valence-electron chi connectivity index (χ3n) is 5.78. The second-order valence-electron chi connectivity index (χ2n) is 8.29. The van der Waals surface area contributed by atoms with Gasteiger partial charge in [0.25, 0.3) is 5.91 Å². The van der Waals surface area contributed by atoms with Gasteiger partial charge in [-0.25, -0.2) is 15.0 Å². The van der Waals surface area contributed by atoms with Crippen molar-refractivity contribution < 1.29 is 22.7 Å². The van der Waals surface area contributed by atoms with E-state index in [0.717, 1.165) is 35.8 Å². The number of methoxy groups -OCH3 is 1. The van der Waals surface area contributed by atoms with Crippen molar-refractivity contribution >= 4 is 23.9 Å². The fraction of sp³-hybridized carbons (Fsp3) is 0.360. The van der Waals surface area contributed by atoms with Crippen molar-refractivity contribution in [1.82, 2.24) is 19.5 Å². The number of amides is 1. The minimum atomic E-state index is -4.70. The number of benzene rings is 1. The number of alkyl halides is 3. The highest BCUT2D eigenvalue weighted by atomic mass is 19.4. The van der Waals surface area contributed by atoms with Gasteiger partial charge >= 0.3 is 6.18 Å². The van der Waals surface area contributed by atoms with Gasteiger partial charge in [-0.3, -0.25) is 9.36 Å². The van der Waals surface area contributed by atoms with Gasteiger partial charge in [0.05, 0.1) is 29.2 Å². The van der Waals surface area contributed by atoms with E-state index in [4.69, 9.17) is 4.74 Å². The van der Waals surface area contributed by atoms with Crippen LogP contribution in [-0.2, 0) is 17.3 Å². The lowest BCUT2D eigenvalue weighted by atomic mass is 10.1. The van der Waals surface area contributed by atoms with E-state index in [-0.39, 0.29) is 34.3 Å². The third kappa shape index (κ3) is 5.59. The van der Waals surface area contributed by atoms with Crippen molar-refractivity contribution in [3.63, 3.8) is 0 Å². The van der Waals surface area contributed by atoms with Crippen molar-refractivity contribution in [1.29, 1.82) is 0 Å². The number of ether oxygens (including phenoxy) is 1. The number of aromatic nitrogens is 4. The molecule has 1 atom stereocenters. The normalized spacial score (nSPS) is 15.2. The number of hydrogen-bond acceptors (Lipinski definition) is 5. The number of unbranched alkanes of at least 4 members (excludes halogenated alkanes) is 2. The van der Waals surface area contributed by atoms with Gasteiger partial charge < -0.3 is 10.1 Å². The van der Waals surface area contributed by atoms with Gasteiger partial charge in [0.1, 0.15) is 0 Å². The molecule has 7 nitrogen and oxygen atoms in total. The first-order valence-corrected chi connectivity index (χ1v) is 11.4. The molecule has 4 rings (SSSR count). The fourth-order valence-electron chi connectivity index (χ4n) is 3.92. The summed E-state index contributed by atoms with van der Waals surface area (Å²) in [6.45, 7) is 2.15. The Balaban J connectivity index is 1.54. The van der Waals surface area contributed by atoms with Crippen molar-refractivity contribution in [3.05, 3.63) is 64.3 Å².